The summed E-state index contributed by atoms with van der Waals surface area (Å²) in [6.07, 6.45) is 6.92. The van der Waals surface area contributed by atoms with Gasteiger partial charge in [0.15, 0.2) is 0 Å². The van der Waals surface area contributed by atoms with Gasteiger partial charge >= 0.3 is 0 Å². The van der Waals surface area contributed by atoms with Gasteiger partial charge in [-0.2, -0.15) is 0 Å². The molecule has 1 unspecified atom stereocenters. The quantitative estimate of drug-likeness (QED) is 0.725. The number of ether oxygens (including phenoxy) is 1. The van der Waals surface area contributed by atoms with E-state index in [1.165, 1.54) is 32.1 Å². The molecular weight excluding hydrogens is 224 g/mol. The van der Waals surface area contributed by atoms with Gasteiger partial charge in [-0.05, 0) is 24.7 Å². The molecule has 0 spiro atoms. The van der Waals surface area contributed by atoms with E-state index in [-0.39, 0.29) is 0 Å². The topological polar surface area (TPSA) is 38.5 Å². The SMILES string of the molecule is COCCN(CC(C)C)C(CN)C1CCCCC1. The standard InChI is InChI=1S/C15H32N2O/c1-13(2)12-17(9-10-18-3)15(11-16)14-7-5-4-6-8-14/h13-15H,4-12,16H2,1-3H3. The van der Waals surface area contributed by atoms with E-state index >= 15 is 0 Å². The highest BCUT2D eigenvalue weighted by molar-refractivity contribution is 4.83. The maximum atomic E-state index is 6.07. The fourth-order valence-electron chi connectivity index (χ4n) is 3.23. The molecule has 2 N–H and O–H groups in total. The van der Waals surface area contributed by atoms with Crippen LogP contribution in [0.25, 0.3) is 0 Å². The van der Waals surface area contributed by atoms with Crippen LogP contribution in [0, 0.1) is 11.8 Å². The van der Waals surface area contributed by atoms with E-state index in [2.05, 4.69) is 18.7 Å². The van der Waals surface area contributed by atoms with Crippen molar-refractivity contribution in [1.82, 2.24) is 4.90 Å². The Morgan fingerprint density at radius 2 is 1.89 bits per heavy atom. The zero-order chi connectivity index (χ0) is 13.4. The Balaban J connectivity index is 2.58. The van der Waals surface area contributed by atoms with E-state index in [4.69, 9.17) is 10.5 Å². The Labute approximate surface area is 113 Å². The molecule has 1 aliphatic carbocycles. The van der Waals surface area contributed by atoms with Crippen molar-refractivity contribution in [3.63, 3.8) is 0 Å². The summed E-state index contributed by atoms with van der Waals surface area (Å²) in [5.74, 6) is 1.50. The van der Waals surface area contributed by atoms with Crippen molar-refractivity contribution in [2.45, 2.75) is 52.0 Å². The molecule has 3 heteroatoms. The largest absolute Gasteiger partial charge is 0.383 e. The highest BCUT2D eigenvalue weighted by Crippen LogP contribution is 2.29. The lowest BCUT2D eigenvalue weighted by Crippen LogP contribution is -2.48. The second-order valence-corrected chi connectivity index (χ2v) is 6.08. The molecule has 0 amide bonds. The van der Waals surface area contributed by atoms with Crippen LogP contribution in [-0.2, 0) is 4.74 Å². The molecule has 0 aromatic rings. The Morgan fingerprint density at radius 1 is 1.22 bits per heavy atom. The van der Waals surface area contributed by atoms with Gasteiger partial charge in [-0.3, -0.25) is 4.90 Å². The van der Waals surface area contributed by atoms with Crippen LogP contribution < -0.4 is 5.73 Å². The number of nitrogens with zero attached hydrogens (tertiary/aromatic N) is 1. The minimum absolute atomic E-state index is 0.558. The highest BCUT2D eigenvalue weighted by Gasteiger charge is 2.27. The number of hydrogen-bond donors (Lipinski definition) is 1. The summed E-state index contributed by atoms with van der Waals surface area (Å²) in [6.45, 7) is 8.34. The van der Waals surface area contributed by atoms with Gasteiger partial charge in [0.25, 0.3) is 0 Å². The van der Waals surface area contributed by atoms with Crippen molar-refractivity contribution >= 4 is 0 Å². The smallest absolute Gasteiger partial charge is 0.0589 e. The lowest BCUT2D eigenvalue weighted by molar-refractivity contribution is 0.0750. The van der Waals surface area contributed by atoms with Gasteiger partial charge in [-0.25, -0.2) is 0 Å². The molecule has 1 rings (SSSR count). The summed E-state index contributed by atoms with van der Waals surface area (Å²) in [5.41, 5.74) is 6.07. The van der Waals surface area contributed by atoms with Crippen LogP contribution in [0.5, 0.6) is 0 Å². The number of nitrogens with two attached hydrogens (primary N) is 1. The first-order chi connectivity index (χ1) is 8.69. The van der Waals surface area contributed by atoms with Crippen LogP contribution in [-0.4, -0.2) is 44.3 Å². The van der Waals surface area contributed by atoms with Gasteiger partial charge in [0.1, 0.15) is 0 Å². The maximum Gasteiger partial charge on any atom is 0.0589 e. The van der Waals surface area contributed by atoms with Crippen molar-refractivity contribution in [2.24, 2.45) is 17.6 Å². The average molecular weight is 256 g/mol. The first-order valence-corrected chi connectivity index (χ1v) is 7.62. The summed E-state index contributed by atoms with van der Waals surface area (Å²) in [6, 6.07) is 0.558. The summed E-state index contributed by atoms with van der Waals surface area (Å²) in [7, 11) is 1.78. The van der Waals surface area contributed by atoms with Gasteiger partial charge in [0.2, 0.25) is 0 Å². The summed E-state index contributed by atoms with van der Waals surface area (Å²) in [5, 5.41) is 0. The first-order valence-electron chi connectivity index (χ1n) is 7.62. The van der Waals surface area contributed by atoms with Crippen LogP contribution in [0.1, 0.15) is 46.0 Å². The van der Waals surface area contributed by atoms with E-state index < -0.39 is 0 Å². The number of hydrogen-bond acceptors (Lipinski definition) is 3. The van der Waals surface area contributed by atoms with Crippen molar-refractivity contribution in [3.05, 3.63) is 0 Å². The molecule has 1 fully saturated rings. The van der Waals surface area contributed by atoms with E-state index in [0.29, 0.717) is 12.0 Å². The normalized spacial score (nSPS) is 19.7. The van der Waals surface area contributed by atoms with Crippen LogP contribution >= 0.6 is 0 Å². The van der Waals surface area contributed by atoms with Gasteiger partial charge in [-0.15, -0.1) is 0 Å². The summed E-state index contributed by atoms with van der Waals surface area (Å²) < 4.78 is 5.25. The second-order valence-electron chi connectivity index (χ2n) is 6.08. The molecule has 18 heavy (non-hydrogen) atoms. The molecule has 0 heterocycles. The Kier molecular flexibility index (Phi) is 7.87. The third-order valence-electron chi connectivity index (χ3n) is 4.09. The predicted molar refractivity (Wildman–Crippen MR) is 77.7 cm³/mol. The predicted octanol–water partition coefficient (Wildman–Crippen LogP) is 2.50. The number of methoxy groups -OCH3 is 1. The summed E-state index contributed by atoms with van der Waals surface area (Å²) in [4.78, 5) is 2.57. The molecule has 0 aliphatic heterocycles. The molecule has 0 radical (unpaired) electrons. The van der Waals surface area contributed by atoms with E-state index in [1.807, 2.05) is 0 Å². The zero-order valence-electron chi connectivity index (χ0n) is 12.5. The molecule has 1 aliphatic rings. The average Bonchev–Trinajstić information content (AvgIpc) is 2.37. The van der Waals surface area contributed by atoms with Crippen LogP contribution in [0.2, 0.25) is 0 Å². The summed E-state index contributed by atoms with van der Waals surface area (Å²) >= 11 is 0. The van der Waals surface area contributed by atoms with E-state index in [1.54, 1.807) is 7.11 Å². The van der Waals surface area contributed by atoms with Crippen molar-refractivity contribution in [3.8, 4) is 0 Å². The maximum absolute atomic E-state index is 6.07. The molecule has 0 aromatic carbocycles. The van der Waals surface area contributed by atoms with Gasteiger partial charge < -0.3 is 10.5 Å². The third-order valence-corrected chi connectivity index (χ3v) is 4.09. The minimum Gasteiger partial charge on any atom is -0.383 e. The molecule has 1 saturated carbocycles. The van der Waals surface area contributed by atoms with E-state index in [0.717, 1.165) is 32.2 Å². The first kappa shape index (κ1) is 15.9. The second kappa shape index (κ2) is 8.89. The fourth-order valence-corrected chi connectivity index (χ4v) is 3.23. The Hall–Kier alpha value is -0.120. The van der Waals surface area contributed by atoms with Gasteiger partial charge in [0, 0.05) is 32.8 Å². The molecule has 0 saturated heterocycles. The monoisotopic (exact) mass is 256 g/mol. The molecule has 1 atom stereocenters. The van der Waals surface area contributed by atoms with Gasteiger partial charge in [0.05, 0.1) is 6.61 Å². The van der Waals surface area contributed by atoms with Crippen molar-refractivity contribution in [2.75, 3.05) is 33.4 Å². The molecule has 108 valence electrons. The molecular formula is C15H32N2O. The lowest BCUT2D eigenvalue weighted by Gasteiger charge is -2.39. The van der Waals surface area contributed by atoms with Gasteiger partial charge in [-0.1, -0.05) is 33.1 Å². The third kappa shape index (κ3) is 5.25. The molecule has 3 nitrogen and oxygen atoms in total. The highest BCUT2D eigenvalue weighted by atomic mass is 16.5. The lowest BCUT2D eigenvalue weighted by atomic mass is 9.83. The molecule has 0 bridgehead atoms. The Bertz CT molecular complexity index is 203. The fraction of sp³-hybridized carbons (Fsp3) is 1.00. The minimum atomic E-state index is 0.558. The molecule has 0 aromatic heterocycles. The van der Waals surface area contributed by atoms with Crippen LogP contribution in [0.3, 0.4) is 0 Å². The van der Waals surface area contributed by atoms with Crippen molar-refractivity contribution in [1.29, 1.82) is 0 Å². The van der Waals surface area contributed by atoms with Crippen LogP contribution in [0.15, 0.2) is 0 Å². The van der Waals surface area contributed by atoms with E-state index in [9.17, 15) is 0 Å². The zero-order valence-corrected chi connectivity index (χ0v) is 12.5. The Morgan fingerprint density at radius 3 is 2.39 bits per heavy atom. The van der Waals surface area contributed by atoms with Crippen molar-refractivity contribution < 1.29 is 4.74 Å². The van der Waals surface area contributed by atoms with Crippen LogP contribution in [0.4, 0.5) is 0 Å². The number of rotatable bonds is 8.